The van der Waals surface area contributed by atoms with Gasteiger partial charge in [-0.2, -0.15) is 0 Å². The van der Waals surface area contributed by atoms with Crippen LogP contribution >= 0.6 is 0 Å². The van der Waals surface area contributed by atoms with E-state index in [9.17, 15) is 8.78 Å². The Hall–Kier alpha value is -0.220. The molecule has 1 unspecified atom stereocenters. The molecule has 0 amide bonds. The fourth-order valence-corrected chi connectivity index (χ4v) is 0.962. The molecule has 0 spiro atoms. The third-order valence-corrected chi connectivity index (χ3v) is 1.63. The molecule has 1 rings (SSSR count). The van der Waals surface area contributed by atoms with Crippen molar-refractivity contribution in [2.75, 3.05) is 19.6 Å². The molecule has 0 bridgehead atoms. The maximum Gasteiger partial charge on any atom is 0.265 e. The monoisotopic (exact) mass is 136 g/mol. The van der Waals surface area contributed by atoms with Crippen molar-refractivity contribution in [1.82, 2.24) is 5.32 Å². The van der Waals surface area contributed by atoms with Crippen LogP contribution in [0.3, 0.4) is 0 Å². The summed E-state index contributed by atoms with van der Waals surface area (Å²) in [5, 5.41) is 2.58. The smallest absolute Gasteiger partial charge is 0.265 e. The van der Waals surface area contributed by atoms with Gasteiger partial charge in [0.25, 0.3) is 5.92 Å². The molecule has 0 aromatic carbocycles. The van der Waals surface area contributed by atoms with Crippen LogP contribution in [0.1, 0.15) is 0 Å². The van der Waals surface area contributed by atoms with Gasteiger partial charge in [-0.15, -0.1) is 0 Å². The Morgan fingerprint density at radius 2 is 2.33 bits per heavy atom. The van der Waals surface area contributed by atoms with Gasteiger partial charge in [0.2, 0.25) is 0 Å². The van der Waals surface area contributed by atoms with Crippen molar-refractivity contribution in [2.45, 2.75) is 5.92 Å². The molecule has 0 aromatic heterocycles. The average Bonchev–Trinajstić information content (AvgIpc) is 2.08. The zero-order valence-corrected chi connectivity index (χ0v) is 5.03. The van der Waals surface area contributed by atoms with Crippen molar-refractivity contribution in [3.63, 3.8) is 0 Å². The second-order valence-corrected chi connectivity index (χ2v) is 2.32. The summed E-state index contributed by atoms with van der Waals surface area (Å²) in [6.45, 7) is 0.207. The average molecular weight is 136 g/mol. The van der Waals surface area contributed by atoms with Crippen LogP contribution in [0.15, 0.2) is 0 Å². The number of halogens is 2. The van der Waals surface area contributed by atoms with E-state index in [1.165, 1.54) is 0 Å². The molecule has 1 fully saturated rings. The lowest BCUT2D eigenvalue weighted by atomic mass is 10.1. The van der Waals surface area contributed by atoms with Gasteiger partial charge in [-0.1, -0.05) is 0 Å². The third-order valence-electron chi connectivity index (χ3n) is 1.63. The quantitative estimate of drug-likeness (QED) is 0.524. The van der Waals surface area contributed by atoms with Crippen LogP contribution in [-0.2, 0) is 0 Å². The van der Waals surface area contributed by atoms with Crippen LogP contribution < -0.4 is 11.1 Å². The summed E-state index contributed by atoms with van der Waals surface area (Å²) in [4.78, 5) is 0. The Bertz CT molecular complexity index is 105. The molecule has 9 heavy (non-hydrogen) atoms. The maximum atomic E-state index is 12.5. The normalized spacial score (nSPS) is 33.0. The summed E-state index contributed by atoms with van der Waals surface area (Å²) < 4.78 is 24.9. The number of alkyl halides is 2. The van der Waals surface area contributed by atoms with Crippen molar-refractivity contribution < 1.29 is 8.78 Å². The fraction of sp³-hybridized carbons (Fsp3) is 1.00. The summed E-state index contributed by atoms with van der Waals surface area (Å²) in [5.74, 6) is -3.23. The van der Waals surface area contributed by atoms with E-state index >= 15 is 0 Å². The summed E-state index contributed by atoms with van der Waals surface area (Å²) in [6.07, 6.45) is 0. The molecule has 1 aliphatic heterocycles. The zero-order chi connectivity index (χ0) is 6.91. The minimum Gasteiger partial charge on any atom is -0.330 e. The maximum absolute atomic E-state index is 12.5. The molecule has 0 radical (unpaired) electrons. The molecule has 2 nitrogen and oxygen atoms in total. The predicted octanol–water partition coefficient (Wildman–Crippen LogP) is -0.200. The SMILES string of the molecule is NCC1CNCC1(F)F. The Balaban J connectivity index is 2.52. The summed E-state index contributed by atoms with van der Waals surface area (Å²) >= 11 is 0. The molecule has 0 aromatic rings. The molecule has 0 saturated carbocycles. The molecular formula is C5H10F2N2. The van der Waals surface area contributed by atoms with Crippen LogP contribution in [0.4, 0.5) is 8.78 Å². The Labute approximate surface area is 52.4 Å². The molecule has 0 aliphatic carbocycles. The van der Waals surface area contributed by atoms with Crippen LogP contribution in [0.2, 0.25) is 0 Å². The Morgan fingerprint density at radius 1 is 1.67 bits per heavy atom. The highest BCUT2D eigenvalue weighted by molar-refractivity contribution is 4.87. The Morgan fingerprint density at radius 3 is 2.56 bits per heavy atom. The Kier molecular flexibility index (Phi) is 1.68. The van der Waals surface area contributed by atoms with Crippen LogP contribution in [0.5, 0.6) is 0 Å². The number of rotatable bonds is 1. The highest BCUT2D eigenvalue weighted by Gasteiger charge is 2.42. The molecule has 4 heteroatoms. The molecule has 1 saturated heterocycles. The zero-order valence-electron chi connectivity index (χ0n) is 5.03. The van der Waals surface area contributed by atoms with E-state index in [-0.39, 0.29) is 13.1 Å². The molecule has 3 N–H and O–H groups in total. The number of nitrogens with one attached hydrogen (secondary N) is 1. The number of nitrogens with two attached hydrogens (primary N) is 1. The minimum atomic E-state index is -2.57. The van der Waals surface area contributed by atoms with E-state index in [0.717, 1.165) is 0 Å². The molecular weight excluding hydrogens is 126 g/mol. The molecule has 54 valence electrons. The van der Waals surface area contributed by atoms with Crippen LogP contribution in [-0.4, -0.2) is 25.6 Å². The van der Waals surface area contributed by atoms with E-state index in [1.807, 2.05) is 0 Å². The van der Waals surface area contributed by atoms with Gasteiger partial charge in [0, 0.05) is 19.0 Å². The first kappa shape index (κ1) is 6.89. The number of hydrogen-bond acceptors (Lipinski definition) is 2. The lowest BCUT2D eigenvalue weighted by Gasteiger charge is -2.14. The largest absolute Gasteiger partial charge is 0.330 e. The van der Waals surface area contributed by atoms with E-state index in [0.29, 0.717) is 6.54 Å². The van der Waals surface area contributed by atoms with Crippen molar-refractivity contribution in [1.29, 1.82) is 0 Å². The first-order chi connectivity index (χ1) is 4.17. The van der Waals surface area contributed by atoms with Crippen LogP contribution in [0.25, 0.3) is 0 Å². The van der Waals surface area contributed by atoms with Crippen molar-refractivity contribution in [2.24, 2.45) is 11.7 Å². The van der Waals surface area contributed by atoms with Gasteiger partial charge >= 0.3 is 0 Å². The first-order valence-corrected chi connectivity index (χ1v) is 2.95. The van der Waals surface area contributed by atoms with Crippen molar-refractivity contribution in [3.8, 4) is 0 Å². The van der Waals surface area contributed by atoms with E-state index in [2.05, 4.69) is 5.32 Å². The second-order valence-electron chi connectivity index (χ2n) is 2.32. The van der Waals surface area contributed by atoms with Crippen LogP contribution in [0, 0.1) is 5.92 Å². The van der Waals surface area contributed by atoms with Gasteiger partial charge in [0.15, 0.2) is 0 Å². The second kappa shape index (κ2) is 2.19. The number of hydrogen-bond donors (Lipinski definition) is 2. The van der Waals surface area contributed by atoms with Gasteiger partial charge in [0.1, 0.15) is 0 Å². The lowest BCUT2D eigenvalue weighted by Crippen LogP contribution is -2.32. The third kappa shape index (κ3) is 1.19. The lowest BCUT2D eigenvalue weighted by molar-refractivity contribution is -0.0180. The minimum absolute atomic E-state index is 0.0694. The summed E-state index contributed by atoms with van der Waals surface area (Å²) in [7, 11) is 0. The highest BCUT2D eigenvalue weighted by Crippen LogP contribution is 2.26. The van der Waals surface area contributed by atoms with Gasteiger partial charge in [0.05, 0.1) is 6.54 Å². The standard InChI is InChI=1S/C5H10F2N2/c6-5(7)3-9-2-4(5)1-8/h4,9H,1-3,8H2. The van der Waals surface area contributed by atoms with Gasteiger partial charge in [-0.05, 0) is 0 Å². The summed E-state index contributed by atoms with van der Waals surface area (Å²) in [6, 6.07) is 0. The van der Waals surface area contributed by atoms with E-state index < -0.39 is 11.8 Å². The van der Waals surface area contributed by atoms with Gasteiger partial charge in [-0.25, -0.2) is 8.78 Å². The van der Waals surface area contributed by atoms with E-state index in [4.69, 9.17) is 5.73 Å². The molecule has 1 aliphatic rings. The summed E-state index contributed by atoms with van der Waals surface area (Å²) in [5.41, 5.74) is 5.09. The first-order valence-electron chi connectivity index (χ1n) is 2.95. The van der Waals surface area contributed by atoms with Crippen molar-refractivity contribution in [3.05, 3.63) is 0 Å². The highest BCUT2D eigenvalue weighted by atomic mass is 19.3. The van der Waals surface area contributed by atoms with Gasteiger partial charge < -0.3 is 11.1 Å². The van der Waals surface area contributed by atoms with Gasteiger partial charge in [-0.3, -0.25) is 0 Å². The molecule has 1 heterocycles. The van der Waals surface area contributed by atoms with E-state index in [1.54, 1.807) is 0 Å². The predicted molar refractivity (Wildman–Crippen MR) is 30.4 cm³/mol. The van der Waals surface area contributed by atoms with Crippen molar-refractivity contribution >= 4 is 0 Å². The topological polar surface area (TPSA) is 38.0 Å². The fourth-order valence-electron chi connectivity index (χ4n) is 0.962. The molecule has 1 atom stereocenters.